The number of hydrogen-bond donors (Lipinski definition) is 0. The van der Waals surface area contributed by atoms with Crippen LogP contribution in [0.5, 0.6) is 0 Å². The highest BCUT2D eigenvalue weighted by atomic mass is 16.7. The number of hydrogen-bond acceptors (Lipinski definition) is 5. The number of nitrogens with zero attached hydrogens (tertiary/aromatic N) is 2. The van der Waals surface area contributed by atoms with E-state index in [1.807, 2.05) is 0 Å². The molecule has 3 aromatic carbocycles. The third-order valence-electron chi connectivity index (χ3n) is 10.8. The zero-order valence-corrected chi connectivity index (χ0v) is 28.1. The summed E-state index contributed by atoms with van der Waals surface area (Å²) in [6.07, 6.45) is 2.65. The van der Waals surface area contributed by atoms with Gasteiger partial charge in [0.05, 0.1) is 42.5 Å². The average molecular weight is 595 g/mol. The molecule has 3 aliphatic rings. The maximum atomic E-state index is 6.33. The van der Waals surface area contributed by atoms with Crippen LogP contribution in [0.1, 0.15) is 73.8 Å². The lowest BCUT2D eigenvalue weighted by molar-refractivity contribution is -0.910. The van der Waals surface area contributed by atoms with Crippen molar-refractivity contribution in [1.29, 1.82) is 0 Å². The van der Waals surface area contributed by atoms with E-state index >= 15 is 0 Å². The highest BCUT2D eigenvalue weighted by molar-refractivity contribution is 6.62. The van der Waals surface area contributed by atoms with Crippen LogP contribution in [-0.2, 0) is 25.2 Å². The molecule has 3 aromatic rings. The Kier molecular flexibility index (Phi) is 7.86. The molecule has 44 heavy (non-hydrogen) atoms. The molecule has 0 aliphatic carbocycles. The third-order valence-corrected chi connectivity index (χ3v) is 10.8. The fraction of sp³-hybridized carbons (Fsp3) is 0.500. The summed E-state index contributed by atoms with van der Waals surface area (Å²) in [7, 11) is 1.60. The van der Waals surface area contributed by atoms with Gasteiger partial charge in [0.25, 0.3) is 0 Å². The second-order valence-electron chi connectivity index (χ2n) is 15.3. The van der Waals surface area contributed by atoms with Gasteiger partial charge in [0.1, 0.15) is 6.54 Å². The van der Waals surface area contributed by atoms with Crippen LogP contribution in [0.2, 0.25) is 0 Å². The normalized spacial score (nSPS) is 22.8. The van der Waals surface area contributed by atoms with Gasteiger partial charge in [-0.05, 0) is 103 Å². The van der Waals surface area contributed by atoms with Gasteiger partial charge >= 0.3 is 14.2 Å². The van der Waals surface area contributed by atoms with Crippen molar-refractivity contribution in [2.75, 3.05) is 25.0 Å². The van der Waals surface area contributed by atoms with E-state index in [-0.39, 0.29) is 22.4 Å². The number of anilines is 3. The minimum atomic E-state index is -0.393. The molecule has 0 bridgehead atoms. The van der Waals surface area contributed by atoms with Gasteiger partial charge in [-0.2, -0.15) is 0 Å². The van der Waals surface area contributed by atoms with Crippen LogP contribution in [0.3, 0.4) is 0 Å². The van der Waals surface area contributed by atoms with Crippen molar-refractivity contribution >= 4 is 42.2 Å². The lowest BCUT2D eigenvalue weighted by Gasteiger charge is -2.32. The fourth-order valence-corrected chi connectivity index (χ4v) is 6.41. The minimum absolute atomic E-state index is 0.378. The molecule has 0 radical (unpaired) electrons. The van der Waals surface area contributed by atoms with Crippen molar-refractivity contribution in [2.45, 2.75) is 97.2 Å². The molecule has 0 saturated carbocycles. The number of quaternary nitrogens is 1. The quantitative estimate of drug-likeness (QED) is 0.231. The van der Waals surface area contributed by atoms with E-state index in [1.54, 1.807) is 0 Å². The lowest BCUT2D eigenvalue weighted by atomic mass is 9.79. The minimum Gasteiger partial charge on any atom is -0.399 e. The third kappa shape index (κ3) is 5.88. The monoisotopic (exact) mass is 595 g/mol. The van der Waals surface area contributed by atoms with Crippen LogP contribution >= 0.6 is 0 Å². The summed E-state index contributed by atoms with van der Waals surface area (Å²) < 4.78 is 26.4. The number of likely N-dealkylation sites (tertiary alicyclic amines) is 1. The summed E-state index contributed by atoms with van der Waals surface area (Å²) in [4.78, 5) is 2.30. The second kappa shape index (κ2) is 11.0. The molecule has 0 amide bonds. The summed E-state index contributed by atoms with van der Waals surface area (Å²) in [6.45, 7) is 20.3. The molecule has 6 rings (SSSR count). The van der Waals surface area contributed by atoms with Crippen LogP contribution in [0.15, 0.2) is 72.8 Å². The van der Waals surface area contributed by atoms with E-state index in [0.717, 1.165) is 39.0 Å². The molecule has 0 N–H and O–H groups in total. The first-order valence-corrected chi connectivity index (χ1v) is 16.2. The van der Waals surface area contributed by atoms with Crippen LogP contribution in [0.4, 0.5) is 17.1 Å². The zero-order valence-electron chi connectivity index (χ0n) is 28.1. The van der Waals surface area contributed by atoms with Crippen LogP contribution in [-0.4, -0.2) is 61.3 Å². The second-order valence-corrected chi connectivity index (χ2v) is 15.3. The molecule has 3 heterocycles. The van der Waals surface area contributed by atoms with E-state index in [9.17, 15) is 0 Å². The summed E-state index contributed by atoms with van der Waals surface area (Å²) in [5.74, 6) is 0. The standard InChI is InChI=1S/C36H49B2N2O4/c1-33(2)34(3,4)42-37(41-33)28-14-20-31(21-15-28)39(30-18-12-27(13-19-30)26-40(9)24-10-11-25-40)32-22-16-29(17-23-32)38-43-35(5,6)36(7,8)44-38/h12-23H,10-11,24-26H2,1-9H3/q+1. The van der Waals surface area contributed by atoms with E-state index in [0.29, 0.717) is 0 Å². The van der Waals surface area contributed by atoms with Crippen molar-refractivity contribution in [3.63, 3.8) is 0 Å². The summed E-state index contributed by atoms with van der Waals surface area (Å²) in [5.41, 5.74) is 5.15. The molecule has 6 nitrogen and oxygen atoms in total. The van der Waals surface area contributed by atoms with Crippen molar-refractivity contribution in [2.24, 2.45) is 0 Å². The van der Waals surface area contributed by atoms with Gasteiger partial charge < -0.3 is 28.0 Å². The molecule has 3 aliphatic heterocycles. The van der Waals surface area contributed by atoms with Crippen LogP contribution in [0, 0.1) is 0 Å². The Balaban J connectivity index is 1.30. The molecule has 0 aromatic heterocycles. The van der Waals surface area contributed by atoms with Crippen molar-refractivity contribution < 1.29 is 23.1 Å². The molecule has 0 spiro atoms. The molecular weight excluding hydrogens is 546 g/mol. The Hall–Kier alpha value is -2.61. The van der Waals surface area contributed by atoms with Crippen molar-refractivity contribution in [3.8, 4) is 0 Å². The number of rotatable bonds is 7. The Morgan fingerprint density at radius 2 is 0.864 bits per heavy atom. The van der Waals surface area contributed by atoms with Gasteiger partial charge in [-0.3, -0.25) is 0 Å². The zero-order chi connectivity index (χ0) is 31.5. The predicted molar refractivity (Wildman–Crippen MR) is 181 cm³/mol. The largest absolute Gasteiger partial charge is 0.494 e. The first kappa shape index (κ1) is 31.4. The van der Waals surface area contributed by atoms with Crippen molar-refractivity contribution in [1.82, 2.24) is 0 Å². The summed E-state index contributed by atoms with van der Waals surface area (Å²) >= 11 is 0. The lowest BCUT2D eigenvalue weighted by Crippen LogP contribution is -2.41. The molecule has 8 heteroatoms. The Morgan fingerprint density at radius 1 is 0.545 bits per heavy atom. The molecule has 3 saturated heterocycles. The van der Waals surface area contributed by atoms with E-state index in [2.05, 4.69) is 140 Å². The van der Waals surface area contributed by atoms with Gasteiger partial charge in [-0.1, -0.05) is 36.4 Å². The SMILES string of the molecule is CC1(C)OB(c2ccc(N(c3ccc(C[N+]4(C)CCCC4)cc3)c3ccc(B4OC(C)(C)C(C)(C)O4)cc3)cc2)OC1(C)C. The van der Waals surface area contributed by atoms with E-state index in [1.165, 1.54) is 31.5 Å². The van der Waals surface area contributed by atoms with Gasteiger partial charge in [-0.15, -0.1) is 0 Å². The Bertz CT molecular complexity index is 1350. The van der Waals surface area contributed by atoms with Gasteiger partial charge in [-0.25, -0.2) is 0 Å². The number of benzene rings is 3. The smallest absolute Gasteiger partial charge is 0.399 e. The topological polar surface area (TPSA) is 40.2 Å². The molecule has 232 valence electrons. The van der Waals surface area contributed by atoms with Crippen LogP contribution in [0.25, 0.3) is 0 Å². The van der Waals surface area contributed by atoms with Crippen LogP contribution < -0.4 is 15.8 Å². The molecule has 0 atom stereocenters. The fourth-order valence-electron chi connectivity index (χ4n) is 6.41. The summed E-state index contributed by atoms with van der Waals surface area (Å²) in [6, 6.07) is 26.2. The molecule has 3 fully saturated rings. The summed E-state index contributed by atoms with van der Waals surface area (Å²) in [5, 5.41) is 0. The highest BCUT2D eigenvalue weighted by Gasteiger charge is 2.52. The maximum absolute atomic E-state index is 6.33. The van der Waals surface area contributed by atoms with Gasteiger partial charge in [0, 0.05) is 35.5 Å². The highest BCUT2D eigenvalue weighted by Crippen LogP contribution is 2.39. The van der Waals surface area contributed by atoms with Gasteiger partial charge in [0.15, 0.2) is 0 Å². The Labute approximate surface area is 265 Å². The Morgan fingerprint density at radius 3 is 1.20 bits per heavy atom. The van der Waals surface area contributed by atoms with Gasteiger partial charge in [0.2, 0.25) is 0 Å². The first-order chi connectivity index (χ1) is 20.6. The molecule has 0 unspecified atom stereocenters. The predicted octanol–water partition coefficient (Wildman–Crippen LogP) is 6.50. The molecular formula is C36H49B2N2O4+. The maximum Gasteiger partial charge on any atom is 0.494 e. The average Bonchev–Trinajstić information content (AvgIpc) is 3.55. The van der Waals surface area contributed by atoms with E-state index in [4.69, 9.17) is 18.6 Å². The van der Waals surface area contributed by atoms with E-state index < -0.39 is 14.2 Å². The van der Waals surface area contributed by atoms with Crippen molar-refractivity contribution in [3.05, 3.63) is 78.4 Å². The first-order valence-electron chi connectivity index (χ1n) is 16.2.